The summed E-state index contributed by atoms with van der Waals surface area (Å²) in [6.45, 7) is 1.74. The molecule has 154 valence electrons. The maximum Gasteiger partial charge on any atom is 0.286 e. The van der Waals surface area contributed by atoms with E-state index in [1.54, 1.807) is 16.8 Å². The molecule has 5 nitrogen and oxygen atoms in total. The summed E-state index contributed by atoms with van der Waals surface area (Å²) >= 11 is 14.9. The third-order valence-corrected chi connectivity index (χ3v) is 6.85. The molecule has 2 aliphatic rings. The minimum absolute atomic E-state index is 0.167. The zero-order valence-corrected chi connectivity index (χ0v) is 19.8. The third-order valence-electron chi connectivity index (χ3n) is 5.64. The minimum atomic E-state index is -0.167. The fourth-order valence-corrected chi connectivity index (χ4v) is 5.28. The van der Waals surface area contributed by atoms with E-state index < -0.39 is 0 Å². The van der Waals surface area contributed by atoms with E-state index in [9.17, 15) is 4.79 Å². The monoisotopic (exact) mass is 552 g/mol. The van der Waals surface area contributed by atoms with Crippen LogP contribution in [0.2, 0.25) is 10.0 Å². The van der Waals surface area contributed by atoms with Crippen LogP contribution in [0, 0.1) is 3.57 Å². The predicted octanol–water partition coefficient (Wildman–Crippen LogP) is 5.49. The van der Waals surface area contributed by atoms with Crippen molar-refractivity contribution in [2.24, 2.45) is 0 Å². The summed E-state index contributed by atoms with van der Waals surface area (Å²) in [6, 6.07) is 11.7. The molecular weight excluding hydrogens is 534 g/mol. The van der Waals surface area contributed by atoms with Crippen molar-refractivity contribution in [3.8, 4) is 16.9 Å². The zero-order valence-electron chi connectivity index (χ0n) is 16.1. The Morgan fingerprint density at radius 1 is 1.07 bits per heavy atom. The molecule has 3 aromatic rings. The van der Waals surface area contributed by atoms with Crippen LogP contribution in [0.3, 0.4) is 0 Å². The van der Waals surface area contributed by atoms with Gasteiger partial charge in [-0.2, -0.15) is 5.10 Å². The first kappa shape index (κ1) is 20.3. The van der Waals surface area contributed by atoms with E-state index in [2.05, 4.69) is 46.2 Å². The van der Waals surface area contributed by atoms with Crippen molar-refractivity contribution in [1.29, 1.82) is 0 Å². The van der Waals surface area contributed by atoms with Crippen LogP contribution in [-0.4, -0.2) is 33.8 Å². The Bertz CT molecular complexity index is 1150. The topological polar surface area (TPSA) is 50.2 Å². The fourth-order valence-electron chi connectivity index (χ4n) is 4.24. The van der Waals surface area contributed by atoms with E-state index in [0.717, 1.165) is 42.8 Å². The van der Waals surface area contributed by atoms with Crippen LogP contribution in [0.1, 0.15) is 40.9 Å². The zero-order chi connectivity index (χ0) is 20.8. The molecule has 0 radical (unpaired) electrons. The largest absolute Gasteiger partial charge is 0.286 e. The van der Waals surface area contributed by atoms with Gasteiger partial charge in [0.1, 0.15) is 0 Å². The lowest BCUT2D eigenvalue weighted by molar-refractivity contribution is 0.0743. The number of carbonyl (C=O) groups is 1. The highest BCUT2D eigenvalue weighted by Gasteiger charge is 2.32. The molecule has 1 fully saturated rings. The molecule has 1 aliphatic heterocycles. The summed E-state index contributed by atoms with van der Waals surface area (Å²) < 4.78 is 2.96. The van der Waals surface area contributed by atoms with Crippen molar-refractivity contribution < 1.29 is 4.79 Å². The smallest absolute Gasteiger partial charge is 0.283 e. The van der Waals surface area contributed by atoms with Gasteiger partial charge in [-0.1, -0.05) is 35.7 Å². The molecule has 1 N–H and O–H groups in total. The number of halogens is 3. The Kier molecular flexibility index (Phi) is 5.51. The van der Waals surface area contributed by atoms with Crippen molar-refractivity contribution in [2.45, 2.75) is 25.7 Å². The molecule has 0 saturated carbocycles. The molecule has 5 rings (SSSR count). The second-order valence-electron chi connectivity index (χ2n) is 7.65. The number of hydrogen-bond acceptors (Lipinski definition) is 3. The maximum absolute atomic E-state index is 13.2. The van der Waals surface area contributed by atoms with E-state index in [1.165, 1.54) is 15.6 Å². The van der Waals surface area contributed by atoms with Gasteiger partial charge >= 0.3 is 0 Å². The minimum Gasteiger partial charge on any atom is -0.283 e. The number of hydrazine groups is 1. The summed E-state index contributed by atoms with van der Waals surface area (Å²) in [6.07, 6.45) is 4.07. The molecule has 0 spiro atoms. The summed E-state index contributed by atoms with van der Waals surface area (Å²) in [5.74, 6) is -0.167. The quantitative estimate of drug-likeness (QED) is 0.342. The van der Waals surface area contributed by atoms with E-state index in [4.69, 9.17) is 28.3 Å². The first-order chi connectivity index (χ1) is 14.5. The number of carbonyl (C=O) groups excluding carboxylic acids is 1. The Labute approximate surface area is 198 Å². The van der Waals surface area contributed by atoms with Gasteiger partial charge in [-0.15, -0.1) is 0 Å². The van der Waals surface area contributed by atoms with E-state index >= 15 is 0 Å². The van der Waals surface area contributed by atoms with Crippen molar-refractivity contribution in [3.63, 3.8) is 0 Å². The van der Waals surface area contributed by atoms with Gasteiger partial charge in [-0.05, 0) is 71.3 Å². The Hall–Kier alpha value is -1.61. The maximum atomic E-state index is 13.2. The molecule has 0 bridgehead atoms. The standard InChI is InChI=1S/C22H19Cl2IN4O/c23-14-4-7-19(18(24)12-14)29-21-16-6-5-15(25)10-13(16)11-17(21)20(26-29)22(30)27-28-8-2-1-3-9-28/h4-7,10,12H,1-3,8-9,11H2,(H,27,30). The highest BCUT2D eigenvalue weighted by Crippen LogP contribution is 2.41. The highest BCUT2D eigenvalue weighted by molar-refractivity contribution is 14.1. The molecule has 0 unspecified atom stereocenters. The van der Waals surface area contributed by atoms with Gasteiger partial charge in [0.2, 0.25) is 0 Å². The van der Waals surface area contributed by atoms with Crippen LogP contribution in [-0.2, 0) is 6.42 Å². The number of rotatable bonds is 3. The predicted molar refractivity (Wildman–Crippen MR) is 127 cm³/mol. The summed E-state index contributed by atoms with van der Waals surface area (Å²) in [4.78, 5) is 13.2. The number of amides is 1. The Morgan fingerprint density at radius 3 is 2.63 bits per heavy atom. The number of piperidine rings is 1. The number of benzene rings is 2. The Morgan fingerprint density at radius 2 is 1.87 bits per heavy atom. The summed E-state index contributed by atoms with van der Waals surface area (Å²) in [7, 11) is 0. The lowest BCUT2D eigenvalue weighted by Crippen LogP contribution is -2.45. The molecule has 8 heteroatoms. The number of nitrogens with zero attached hydrogens (tertiary/aromatic N) is 3. The molecular formula is C22H19Cl2IN4O. The van der Waals surface area contributed by atoms with Crippen LogP contribution < -0.4 is 5.43 Å². The second-order valence-corrected chi connectivity index (χ2v) is 9.74. The van der Waals surface area contributed by atoms with Crippen molar-refractivity contribution >= 4 is 51.7 Å². The molecule has 1 saturated heterocycles. The third kappa shape index (κ3) is 3.64. The average Bonchev–Trinajstić information content (AvgIpc) is 3.25. The fraction of sp³-hybridized carbons (Fsp3) is 0.273. The van der Waals surface area contributed by atoms with Gasteiger partial charge in [0, 0.05) is 39.2 Å². The number of aromatic nitrogens is 2. The lowest BCUT2D eigenvalue weighted by atomic mass is 10.1. The van der Waals surface area contributed by atoms with E-state index in [0.29, 0.717) is 27.8 Å². The van der Waals surface area contributed by atoms with Gasteiger partial charge in [-0.3, -0.25) is 10.2 Å². The van der Waals surface area contributed by atoms with Crippen LogP contribution in [0.15, 0.2) is 36.4 Å². The van der Waals surface area contributed by atoms with Crippen LogP contribution in [0.5, 0.6) is 0 Å². The Balaban J connectivity index is 1.61. The normalized spacial score (nSPS) is 15.7. The van der Waals surface area contributed by atoms with Crippen LogP contribution in [0.4, 0.5) is 0 Å². The molecule has 1 aromatic heterocycles. The van der Waals surface area contributed by atoms with Gasteiger partial charge < -0.3 is 0 Å². The summed E-state index contributed by atoms with van der Waals surface area (Å²) in [5, 5.41) is 7.78. The average molecular weight is 553 g/mol. The second kappa shape index (κ2) is 8.15. The number of nitrogens with one attached hydrogen (secondary N) is 1. The molecule has 1 amide bonds. The SMILES string of the molecule is O=C(NN1CCCCC1)c1nn(-c2ccc(Cl)cc2Cl)c2c1Cc1cc(I)ccc1-2. The molecule has 0 atom stereocenters. The lowest BCUT2D eigenvalue weighted by Gasteiger charge is -2.26. The van der Waals surface area contributed by atoms with E-state index in [1.807, 2.05) is 11.1 Å². The number of hydrogen-bond donors (Lipinski definition) is 1. The first-order valence-electron chi connectivity index (χ1n) is 9.93. The summed E-state index contributed by atoms with van der Waals surface area (Å²) in [5.41, 5.74) is 8.36. The van der Waals surface area contributed by atoms with Gasteiger partial charge in [-0.25, -0.2) is 9.69 Å². The van der Waals surface area contributed by atoms with Gasteiger partial charge in [0.15, 0.2) is 5.69 Å². The van der Waals surface area contributed by atoms with Crippen molar-refractivity contribution in [1.82, 2.24) is 20.2 Å². The van der Waals surface area contributed by atoms with Crippen LogP contribution >= 0.6 is 45.8 Å². The van der Waals surface area contributed by atoms with E-state index in [-0.39, 0.29) is 5.91 Å². The van der Waals surface area contributed by atoms with Gasteiger partial charge in [0.25, 0.3) is 5.91 Å². The highest BCUT2D eigenvalue weighted by atomic mass is 127. The molecule has 2 heterocycles. The first-order valence-corrected chi connectivity index (χ1v) is 11.8. The molecule has 2 aromatic carbocycles. The van der Waals surface area contributed by atoms with Crippen molar-refractivity contribution in [3.05, 3.63) is 66.8 Å². The van der Waals surface area contributed by atoms with Crippen molar-refractivity contribution in [2.75, 3.05) is 13.1 Å². The molecule has 30 heavy (non-hydrogen) atoms. The molecule has 1 aliphatic carbocycles. The number of fused-ring (bicyclic) bond motifs is 3. The van der Waals surface area contributed by atoms with Gasteiger partial charge in [0.05, 0.1) is 16.4 Å². The van der Waals surface area contributed by atoms with Crippen LogP contribution in [0.25, 0.3) is 16.9 Å².